The minimum Gasteiger partial charge on any atom is -0.465 e. The van der Waals surface area contributed by atoms with Crippen molar-refractivity contribution in [3.63, 3.8) is 0 Å². The van der Waals surface area contributed by atoms with E-state index in [1.807, 2.05) is 0 Å². The lowest BCUT2D eigenvalue weighted by Crippen LogP contribution is -2.52. The quantitative estimate of drug-likeness (QED) is 0.321. The molecule has 15 heavy (non-hydrogen) atoms. The molecule has 0 saturated carbocycles. The molecule has 0 radical (unpaired) electrons. The monoisotopic (exact) mass is 218 g/mol. The summed E-state index contributed by atoms with van der Waals surface area (Å²) in [6.07, 6.45) is -3.13. The number of ether oxygens (including phenoxy) is 1. The zero-order chi connectivity index (χ0) is 11.6. The summed E-state index contributed by atoms with van der Waals surface area (Å²) >= 11 is 0. The molecular weight excluding hydrogens is 212 g/mol. The molecule has 1 aliphatic rings. The molecule has 1 rings (SSSR count). The summed E-state index contributed by atoms with van der Waals surface area (Å²) in [6.45, 7) is 0. The summed E-state index contributed by atoms with van der Waals surface area (Å²) < 4.78 is 4.06. The van der Waals surface area contributed by atoms with Gasteiger partial charge in [-0.2, -0.15) is 0 Å². The van der Waals surface area contributed by atoms with Crippen LogP contribution in [0.1, 0.15) is 0 Å². The third kappa shape index (κ3) is 2.33. The average molecular weight is 218 g/mol. The Morgan fingerprint density at radius 1 is 1.00 bits per heavy atom. The van der Waals surface area contributed by atoms with Crippen LogP contribution >= 0.6 is 0 Å². The lowest BCUT2D eigenvalue weighted by Gasteiger charge is -2.12. The lowest BCUT2D eigenvalue weighted by atomic mass is 10.1. The van der Waals surface area contributed by atoms with Gasteiger partial charge in [0.2, 0.25) is 0 Å². The third-order valence-corrected chi connectivity index (χ3v) is 1.60. The second-order valence-corrected chi connectivity index (χ2v) is 2.59. The molecule has 9 nitrogen and oxygen atoms in total. The Kier molecular flexibility index (Phi) is 2.74. The molecule has 9 heteroatoms. The van der Waals surface area contributed by atoms with E-state index < -0.39 is 36.2 Å². The van der Waals surface area contributed by atoms with Crippen molar-refractivity contribution in [2.24, 2.45) is 0 Å². The molecule has 2 atom stereocenters. The molecule has 0 bridgehead atoms. The summed E-state index contributed by atoms with van der Waals surface area (Å²) in [6, 6.07) is -3.10. The van der Waals surface area contributed by atoms with Crippen LogP contribution < -0.4 is 10.6 Å². The highest BCUT2D eigenvalue weighted by Crippen LogP contribution is 2.09. The van der Waals surface area contributed by atoms with E-state index in [9.17, 15) is 19.2 Å². The van der Waals surface area contributed by atoms with Gasteiger partial charge in [0.05, 0.1) is 0 Å². The summed E-state index contributed by atoms with van der Waals surface area (Å²) in [5.74, 6) is -2.28. The third-order valence-electron chi connectivity index (χ3n) is 1.60. The van der Waals surface area contributed by atoms with Crippen LogP contribution in [-0.4, -0.2) is 46.4 Å². The van der Waals surface area contributed by atoms with Crippen LogP contribution in [0.4, 0.5) is 9.59 Å². The highest BCUT2D eigenvalue weighted by molar-refractivity contribution is 6.03. The van der Waals surface area contributed by atoms with E-state index in [4.69, 9.17) is 10.2 Å². The number of esters is 2. The fourth-order valence-corrected chi connectivity index (χ4v) is 1.05. The Hall–Kier alpha value is -2.32. The van der Waals surface area contributed by atoms with Crippen LogP contribution in [0.15, 0.2) is 0 Å². The number of hydrogen-bond acceptors (Lipinski definition) is 5. The molecule has 1 saturated heterocycles. The smallest absolute Gasteiger partial charge is 0.405 e. The molecule has 2 amide bonds. The highest BCUT2D eigenvalue weighted by atomic mass is 16.6. The van der Waals surface area contributed by atoms with Crippen molar-refractivity contribution in [3.8, 4) is 0 Å². The number of carbonyl (C=O) groups is 4. The van der Waals surface area contributed by atoms with Gasteiger partial charge >= 0.3 is 24.1 Å². The van der Waals surface area contributed by atoms with Crippen LogP contribution in [0.5, 0.6) is 0 Å². The number of amides is 2. The van der Waals surface area contributed by atoms with Crippen LogP contribution in [0.2, 0.25) is 0 Å². The predicted molar refractivity (Wildman–Crippen MR) is 41.0 cm³/mol. The number of cyclic esters (lactones) is 2. The maximum Gasteiger partial charge on any atom is 0.405 e. The highest BCUT2D eigenvalue weighted by Gasteiger charge is 2.46. The number of nitrogens with one attached hydrogen (secondary N) is 2. The second-order valence-electron chi connectivity index (χ2n) is 2.59. The molecule has 0 aromatic heterocycles. The summed E-state index contributed by atoms with van der Waals surface area (Å²) in [5, 5.41) is 20.0. The van der Waals surface area contributed by atoms with E-state index in [2.05, 4.69) is 4.74 Å². The fourth-order valence-electron chi connectivity index (χ4n) is 1.05. The van der Waals surface area contributed by atoms with E-state index in [-0.39, 0.29) is 0 Å². The predicted octanol–water partition coefficient (Wildman–Crippen LogP) is -1.66. The standard InChI is InChI=1S/C6H6N2O7/c9-3-1(7-5(11)12)2(4(10)15-3)8-6(13)14/h1-2,7-8H,(H,11,12)(H,13,14)/t1-,2-/m0/s1. The SMILES string of the molecule is O=C(O)N[C@@H]1C(=O)OC(=O)[C@H]1NC(=O)O. The molecule has 0 aliphatic carbocycles. The van der Waals surface area contributed by atoms with Crippen molar-refractivity contribution in [1.82, 2.24) is 10.6 Å². The molecule has 0 aromatic carbocycles. The topological polar surface area (TPSA) is 142 Å². The van der Waals surface area contributed by atoms with E-state index in [1.54, 1.807) is 10.6 Å². The van der Waals surface area contributed by atoms with Crippen LogP contribution in [0.25, 0.3) is 0 Å². The van der Waals surface area contributed by atoms with Crippen molar-refractivity contribution >= 4 is 24.1 Å². The molecule has 4 N–H and O–H groups in total. The molecule has 0 unspecified atom stereocenters. The maximum absolute atomic E-state index is 10.9. The normalized spacial score (nSPS) is 24.5. The molecule has 0 spiro atoms. The van der Waals surface area contributed by atoms with Gasteiger partial charge in [-0.05, 0) is 0 Å². The van der Waals surface area contributed by atoms with Crippen LogP contribution in [0.3, 0.4) is 0 Å². The van der Waals surface area contributed by atoms with E-state index in [0.29, 0.717) is 0 Å². The van der Waals surface area contributed by atoms with Crippen LogP contribution in [0, 0.1) is 0 Å². The van der Waals surface area contributed by atoms with Gasteiger partial charge in [0.1, 0.15) is 0 Å². The largest absolute Gasteiger partial charge is 0.465 e. The zero-order valence-electron chi connectivity index (χ0n) is 7.09. The Morgan fingerprint density at radius 2 is 1.33 bits per heavy atom. The molecule has 1 fully saturated rings. The molecule has 82 valence electrons. The Bertz CT molecular complexity index is 306. The first-order valence-electron chi connectivity index (χ1n) is 3.66. The summed E-state index contributed by atoms with van der Waals surface area (Å²) in [7, 11) is 0. The summed E-state index contributed by atoms with van der Waals surface area (Å²) in [4.78, 5) is 42.3. The van der Waals surface area contributed by atoms with Crippen LogP contribution in [-0.2, 0) is 14.3 Å². The molecular formula is C6H6N2O7. The van der Waals surface area contributed by atoms with Gasteiger partial charge in [0.15, 0.2) is 12.1 Å². The number of rotatable bonds is 2. The zero-order valence-corrected chi connectivity index (χ0v) is 7.09. The first kappa shape index (κ1) is 10.8. The number of carbonyl (C=O) groups excluding carboxylic acids is 2. The van der Waals surface area contributed by atoms with Gasteiger partial charge in [-0.3, -0.25) is 0 Å². The molecule has 1 aliphatic heterocycles. The summed E-state index contributed by atoms with van der Waals surface area (Å²) in [5.41, 5.74) is 0. The molecule has 0 aromatic rings. The van der Waals surface area contributed by atoms with Gasteiger partial charge in [-0.15, -0.1) is 0 Å². The van der Waals surface area contributed by atoms with E-state index in [1.165, 1.54) is 0 Å². The van der Waals surface area contributed by atoms with Gasteiger partial charge in [-0.1, -0.05) is 0 Å². The fraction of sp³-hybridized carbons (Fsp3) is 0.333. The molecule has 1 heterocycles. The van der Waals surface area contributed by atoms with E-state index >= 15 is 0 Å². The van der Waals surface area contributed by atoms with Crippen molar-refractivity contribution < 1.29 is 34.1 Å². The van der Waals surface area contributed by atoms with Crippen molar-refractivity contribution in [2.75, 3.05) is 0 Å². The minimum atomic E-state index is -1.57. The van der Waals surface area contributed by atoms with Gasteiger partial charge in [0.25, 0.3) is 0 Å². The van der Waals surface area contributed by atoms with E-state index in [0.717, 1.165) is 0 Å². The Morgan fingerprint density at radius 3 is 1.60 bits per heavy atom. The van der Waals surface area contributed by atoms with Gasteiger partial charge in [0, 0.05) is 0 Å². The minimum absolute atomic E-state index is 1.14. The lowest BCUT2D eigenvalue weighted by molar-refractivity contribution is -0.153. The maximum atomic E-state index is 10.9. The van der Waals surface area contributed by atoms with Crippen molar-refractivity contribution in [1.29, 1.82) is 0 Å². The number of hydrogen-bond donors (Lipinski definition) is 4. The average Bonchev–Trinajstić information content (AvgIpc) is 2.30. The Labute approximate surface area is 82.0 Å². The number of carboxylic acid groups (broad SMARTS) is 2. The van der Waals surface area contributed by atoms with Crippen molar-refractivity contribution in [3.05, 3.63) is 0 Å². The van der Waals surface area contributed by atoms with Gasteiger partial charge < -0.3 is 25.6 Å². The first-order valence-corrected chi connectivity index (χ1v) is 3.66. The van der Waals surface area contributed by atoms with Gasteiger partial charge in [-0.25, -0.2) is 19.2 Å². The van der Waals surface area contributed by atoms with Crippen molar-refractivity contribution in [2.45, 2.75) is 12.1 Å². The second kappa shape index (κ2) is 3.82. The first-order chi connectivity index (χ1) is 6.91. The Balaban J connectivity index is 2.79.